The number of aromatic hydroxyl groups is 1. The van der Waals surface area contributed by atoms with Gasteiger partial charge in [0.25, 0.3) is 11.8 Å². The first-order valence-corrected chi connectivity index (χ1v) is 14.2. The summed E-state index contributed by atoms with van der Waals surface area (Å²) in [6.45, 7) is 0.935. The van der Waals surface area contributed by atoms with Crippen molar-refractivity contribution >= 4 is 29.1 Å². The predicted molar refractivity (Wildman–Crippen MR) is 165 cm³/mol. The molecule has 3 aliphatic rings. The fourth-order valence-corrected chi connectivity index (χ4v) is 6.86. The summed E-state index contributed by atoms with van der Waals surface area (Å²) in [6, 6.07) is 8.70. The number of phenols is 1. The average Bonchev–Trinajstić information content (AvgIpc) is 2.97. The van der Waals surface area contributed by atoms with Crippen LogP contribution >= 0.6 is 0 Å². The van der Waals surface area contributed by atoms with Gasteiger partial charge in [0, 0.05) is 37.3 Å². The molecule has 0 aliphatic heterocycles. The van der Waals surface area contributed by atoms with E-state index < -0.39 is 58.0 Å². The zero-order valence-electron chi connectivity index (χ0n) is 24.6. The number of nitrogens with one attached hydrogen (secondary N) is 1. The van der Waals surface area contributed by atoms with Gasteiger partial charge >= 0.3 is 0 Å². The number of nitrogens with zero attached hydrogens (tertiary/aromatic N) is 1. The molecule has 240 valence electrons. The second-order valence-electron chi connectivity index (χ2n) is 11.6. The van der Waals surface area contributed by atoms with E-state index in [0.29, 0.717) is 41.8 Å². The number of aliphatic hydroxyl groups excluding tert-OH is 2. The lowest BCUT2D eigenvalue weighted by atomic mass is 9.57. The van der Waals surface area contributed by atoms with Crippen molar-refractivity contribution in [3.8, 4) is 16.9 Å². The molecule has 2 aromatic rings. The first kappa shape index (κ1) is 33.4. The van der Waals surface area contributed by atoms with Crippen LogP contribution in [0.15, 0.2) is 53.3 Å². The van der Waals surface area contributed by atoms with Crippen LogP contribution in [0.5, 0.6) is 5.75 Å². The van der Waals surface area contributed by atoms with E-state index in [4.69, 9.17) is 10.5 Å². The Labute approximate surface area is 260 Å². The second-order valence-corrected chi connectivity index (χ2v) is 11.6. The number of benzene rings is 2. The van der Waals surface area contributed by atoms with Gasteiger partial charge < -0.3 is 36.2 Å². The Morgan fingerprint density at radius 3 is 2.49 bits per heavy atom. The summed E-state index contributed by atoms with van der Waals surface area (Å²) in [5.41, 5.74) is 3.70. The third kappa shape index (κ3) is 5.28. The number of ketones is 2. The van der Waals surface area contributed by atoms with Crippen molar-refractivity contribution in [2.24, 2.45) is 17.6 Å². The highest BCUT2D eigenvalue weighted by Gasteiger charge is 2.64. The molecular weight excluding hydrogens is 582 g/mol. The number of nitrogens with two attached hydrogens (primary N) is 1. The van der Waals surface area contributed by atoms with Crippen molar-refractivity contribution in [3.63, 3.8) is 0 Å². The highest BCUT2D eigenvalue weighted by atomic mass is 16.5. The van der Waals surface area contributed by atoms with Crippen LogP contribution in [0.4, 0.5) is 0 Å². The number of carbonyl (C=O) groups is 4. The number of amides is 2. The Morgan fingerprint density at radius 2 is 1.84 bits per heavy atom. The van der Waals surface area contributed by atoms with Crippen molar-refractivity contribution in [1.29, 1.82) is 0 Å². The van der Waals surface area contributed by atoms with Gasteiger partial charge in [0.2, 0.25) is 5.78 Å². The van der Waals surface area contributed by atoms with Crippen molar-refractivity contribution in [3.05, 3.63) is 70.0 Å². The van der Waals surface area contributed by atoms with Crippen LogP contribution in [0.2, 0.25) is 0 Å². The fourth-order valence-electron chi connectivity index (χ4n) is 6.86. The first-order chi connectivity index (χ1) is 20.8. The Morgan fingerprint density at radius 1 is 1.13 bits per heavy atom. The van der Waals surface area contributed by atoms with Gasteiger partial charge in [-0.2, -0.15) is 0 Å². The number of hydrogen-bond donors (Lipinski definition) is 6. The van der Waals surface area contributed by atoms with Gasteiger partial charge in [0.15, 0.2) is 11.4 Å². The number of methoxy groups -OCH3 is 1. The Kier molecular flexibility index (Phi) is 9.25. The zero-order chi connectivity index (χ0) is 32.1. The lowest BCUT2D eigenvalue weighted by Gasteiger charge is -2.50. The summed E-state index contributed by atoms with van der Waals surface area (Å²) in [5.74, 6) is -7.38. The standard InChI is InChI=1S/C32H35N3O9.CH4/c1-35(2)25-20-14-17-13-19-18(15-6-4-7-16(12-15)31(42)34-10-5-11-44-3)8-9-21(36)23(19)26(37)22(17)28(39)32(20,43)29(40)24(27(25)38)30(33)41;/h4,6-9,12,17,20,25,36-37,40,43H,5,10-11,13-14H2,1-3H3,(H2,33,41)(H,34,42);1H4/t17?,20?,25-,32-;/m0./s1. The van der Waals surface area contributed by atoms with E-state index in [2.05, 4.69) is 5.32 Å². The molecule has 2 unspecified atom stereocenters. The maximum absolute atomic E-state index is 14.0. The summed E-state index contributed by atoms with van der Waals surface area (Å²) in [4.78, 5) is 53.7. The largest absolute Gasteiger partial charge is 0.508 e. The minimum Gasteiger partial charge on any atom is -0.508 e. The Bertz CT molecular complexity index is 1640. The number of ether oxygens (including phenoxy) is 1. The van der Waals surface area contributed by atoms with E-state index in [0.717, 1.165) is 0 Å². The van der Waals surface area contributed by atoms with E-state index in [-0.39, 0.29) is 43.1 Å². The van der Waals surface area contributed by atoms with Gasteiger partial charge in [-0.1, -0.05) is 25.6 Å². The highest BCUT2D eigenvalue weighted by molar-refractivity contribution is 6.24. The van der Waals surface area contributed by atoms with Gasteiger partial charge in [-0.05, 0) is 74.2 Å². The number of Topliss-reactive ketones (excluding diaryl/α,β-unsaturated/α-hetero) is 2. The van der Waals surface area contributed by atoms with Crippen molar-refractivity contribution in [2.75, 3.05) is 34.4 Å². The van der Waals surface area contributed by atoms with Crippen LogP contribution in [0.25, 0.3) is 16.9 Å². The molecular formula is C33H39N3O9. The summed E-state index contributed by atoms with van der Waals surface area (Å²) in [6.07, 6.45) is 0.756. The molecule has 7 N–H and O–H groups in total. The van der Waals surface area contributed by atoms with Crippen LogP contribution < -0.4 is 11.1 Å². The van der Waals surface area contributed by atoms with Crippen LogP contribution in [0.1, 0.15) is 41.8 Å². The van der Waals surface area contributed by atoms with E-state index >= 15 is 0 Å². The molecule has 12 nitrogen and oxygen atoms in total. The molecule has 12 heteroatoms. The third-order valence-corrected chi connectivity index (χ3v) is 8.85. The normalized spacial score (nSPS) is 24.1. The molecule has 2 aromatic carbocycles. The molecule has 4 atom stereocenters. The molecule has 0 bridgehead atoms. The summed E-state index contributed by atoms with van der Waals surface area (Å²) in [7, 11) is 4.67. The Hall–Kier alpha value is -4.52. The molecule has 45 heavy (non-hydrogen) atoms. The van der Waals surface area contributed by atoms with Crippen molar-refractivity contribution < 1.29 is 44.3 Å². The third-order valence-electron chi connectivity index (χ3n) is 8.85. The van der Waals surface area contributed by atoms with Crippen LogP contribution in [-0.4, -0.2) is 94.7 Å². The number of phenolic OH excluding ortho intramolecular Hbond substituents is 1. The molecule has 5 rings (SSSR count). The molecule has 0 saturated heterocycles. The first-order valence-electron chi connectivity index (χ1n) is 14.2. The number of carbonyl (C=O) groups excluding carboxylic acids is 4. The molecule has 0 aromatic heterocycles. The van der Waals surface area contributed by atoms with Gasteiger partial charge in [-0.15, -0.1) is 0 Å². The lowest BCUT2D eigenvalue weighted by molar-refractivity contribution is -0.153. The number of aliphatic hydroxyl groups is 3. The molecule has 2 amide bonds. The summed E-state index contributed by atoms with van der Waals surface area (Å²) in [5, 5.41) is 48.0. The molecule has 0 spiro atoms. The van der Waals surface area contributed by atoms with Crippen LogP contribution in [-0.2, 0) is 25.5 Å². The molecule has 3 aliphatic carbocycles. The maximum Gasteiger partial charge on any atom is 0.255 e. The highest BCUT2D eigenvalue weighted by Crippen LogP contribution is 2.53. The van der Waals surface area contributed by atoms with E-state index in [1.54, 1.807) is 51.5 Å². The molecule has 0 heterocycles. The topological polar surface area (TPSA) is 200 Å². The number of primary amides is 1. The number of rotatable bonds is 8. The van der Waals surface area contributed by atoms with Crippen LogP contribution in [0, 0.1) is 11.8 Å². The van der Waals surface area contributed by atoms with E-state index in [1.807, 2.05) is 0 Å². The molecule has 1 saturated carbocycles. The van der Waals surface area contributed by atoms with Gasteiger partial charge in [-0.25, -0.2) is 0 Å². The zero-order valence-corrected chi connectivity index (χ0v) is 24.6. The molecule has 1 fully saturated rings. The maximum atomic E-state index is 14.0. The number of fused-ring (bicyclic) bond motifs is 3. The van der Waals surface area contributed by atoms with Gasteiger partial charge in [0.05, 0.1) is 11.6 Å². The summed E-state index contributed by atoms with van der Waals surface area (Å²) < 4.78 is 5.02. The number of hydrogen-bond acceptors (Lipinski definition) is 10. The van der Waals surface area contributed by atoms with Crippen molar-refractivity contribution in [1.82, 2.24) is 10.2 Å². The average molecular weight is 622 g/mol. The SMILES string of the molecule is C.COCCCNC(=O)c1cccc(-c2ccc(O)c3c2CC2CC4[C@H](N(C)C)C(=O)C(C(N)=O)=C(O)[C@@]4(O)C(=O)C2=C3O)c1. The molecule has 0 radical (unpaired) electrons. The lowest BCUT2D eigenvalue weighted by Crippen LogP contribution is -2.65. The van der Waals surface area contributed by atoms with Crippen LogP contribution in [0.3, 0.4) is 0 Å². The van der Waals surface area contributed by atoms with Crippen molar-refractivity contribution in [2.45, 2.75) is 38.3 Å². The summed E-state index contributed by atoms with van der Waals surface area (Å²) >= 11 is 0. The predicted octanol–water partition coefficient (Wildman–Crippen LogP) is 2.03. The van der Waals surface area contributed by atoms with E-state index in [9.17, 15) is 39.6 Å². The smallest absolute Gasteiger partial charge is 0.255 e. The second kappa shape index (κ2) is 12.5. The van der Waals surface area contributed by atoms with E-state index in [1.165, 1.54) is 11.0 Å². The number of likely N-dealkylation sites (N-methyl/N-ethyl adjacent to an activating group) is 1. The van der Waals surface area contributed by atoms with Gasteiger partial charge in [-0.3, -0.25) is 24.1 Å². The fraction of sp³-hybridized carbons (Fsp3) is 0.394. The monoisotopic (exact) mass is 621 g/mol. The quantitative estimate of drug-likeness (QED) is 0.187. The minimum absolute atomic E-state index is 0. The van der Waals surface area contributed by atoms with Gasteiger partial charge in [0.1, 0.15) is 22.8 Å². The Balaban J connectivity index is 0.00000461. The minimum atomic E-state index is -2.71.